The van der Waals surface area contributed by atoms with E-state index in [2.05, 4.69) is 4.99 Å². The summed E-state index contributed by atoms with van der Waals surface area (Å²) in [5, 5.41) is 11.3. The third-order valence-electron chi connectivity index (χ3n) is 5.11. The minimum absolute atomic E-state index is 0.106. The van der Waals surface area contributed by atoms with Gasteiger partial charge in [-0.25, -0.2) is 14.2 Å². The number of hydrogen-bond donors (Lipinski definition) is 0. The first-order valence-electron chi connectivity index (χ1n) is 10.0. The van der Waals surface area contributed by atoms with Crippen LogP contribution >= 0.6 is 11.3 Å². The normalized spacial score (nSPS) is 15.7. The zero-order valence-corrected chi connectivity index (χ0v) is 18.5. The molecule has 0 N–H and O–H groups in total. The molecule has 0 aliphatic carbocycles. The standard InChI is InChI=1S/C23H18FN3O5S/c1-3-32-22(29)19-13(2)25-23-26(20(19)15-8-6-9-16(11-15)27(30)31)21(28)18(33-23)12-14-7-4-5-10-17(14)24/h4-12,20H,3H2,1-2H3/b18-12+. The Hall–Kier alpha value is -3.92. The van der Waals surface area contributed by atoms with Crippen LogP contribution in [0.15, 0.2) is 69.6 Å². The number of fused-ring (bicyclic) bond motifs is 1. The van der Waals surface area contributed by atoms with Crippen molar-refractivity contribution in [2.75, 3.05) is 6.61 Å². The molecule has 0 fully saturated rings. The van der Waals surface area contributed by atoms with E-state index in [1.54, 1.807) is 38.1 Å². The van der Waals surface area contributed by atoms with Gasteiger partial charge in [0.2, 0.25) is 0 Å². The van der Waals surface area contributed by atoms with E-state index in [-0.39, 0.29) is 28.0 Å². The minimum atomic E-state index is -0.983. The van der Waals surface area contributed by atoms with Gasteiger partial charge in [-0.05, 0) is 31.6 Å². The van der Waals surface area contributed by atoms with E-state index < -0.39 is 28.3 Å². The van der Waals surface area contributed by atoms with Crippen molar-refractivity contribution in [3.8, 4) is 0 Å². The van der Waals surface area contributed by atoms with Crippen LogP contribution in [0.4, 0.5) is 10.1 Å². The van der Waals surface area contributed by atoms with Gasteiger partial charge in [-0.15, -0.1) is 0 Å². The highest BCUT2D eigenvalue weighted by molar-refractivity contribution is 7.07. The summed E-state index contributed by atoms with van der Waals surface area (Å²) < 4.78 is 20.9. The Labute approximate surface area is 190 Å². The molecule has 2 heterocycles. The Morgan fingerprint density at radius 3 is 2.76 bits per heavy atom. The summed E-state index contributed by atoms with van der Waals surface area (Å²) in [6.45, 7) is 3.37. The highest BCUT2D eigenvalue weighted by Crippen LogP contribution is 2.32. The highest BCUT2D eigenvalue weighted by Gasteiger charge is 2.34. The van der Waals surface area contributed by atoms with Gasteiger partial charge in [-0.1, -0.05) is 41.7 Å². The van der Waals surface area contributed by atoms with E-state index in [0.29, 0.717) is 16.1 Å². The van der Waals surface area contributed by atoms with E-state index in [1.807, 2.05) is 0 Å². The lowest BCUT2D eigenvalue weighted by atomic mass is 9.95. The number of nitro groups is 1. The molecule has 2 aromatic carbocycles. The van der Waals surface area contributed by atoms with Gasteiger partial charge in [0.1, 0.15) is 5.82 Å². The maximum absolute atomic E-state index is 14.2. The quantitative estimate of drug-likeness (QED) is 0.326. The molecule has 1 atom stereocenters. The second-order valence-electron chi connectivity index (χ2n) is 7.18. The molecule has 1 unspecified atom stereocenters. The molecule has 1 aliphatic heterocycles. The molecule has 0 spiro atoms. The molecule has 0 saturated heterocycles. The zero-order chi connectivity index (χ0) is 23.7. The zero-order valence-electron chi connectivity index (χ0n) is 17.6. The Balaban J connectivity index is 1.99. The van der Waals surface area contributed by atoms with Crippen molar-refractivity contribution in [2.24, 2.45) is 4.99 Å². The number of ether oxygens (including phenoxy) is 1. The van der Waals surface area contributed by atoms with Crippen molar-refractivity contribution in [3.05, 3.63) is 107 Å². The number of nitrogens with zero attached hydrogens (tertiary/aromatic N) is 3. The van der Waals surface area contributed by atoms with Crippen LogP contribution in [0.5, 0.6) is 0 Å². The number of carbonyl (C=O) groups excluding carboxylic acids is 1. The second kappa shape index (κ2) is 8.91. The van der Waals surface area contributed by atoms with Crippen molar-refractivity contribution < 1.29 is 18.8 Å². The predicted molar refractivity (Wildman–Crippen MR) is 120 cm³/mol. The molecule has 1 aliphatic rings. The van der Waals surface area contributed by atoms with Gasteiger partial charge in [-0.2, -0.15) is 0 Å². The maximum Gasteiger partial charge on any atom is 0.338 e. The van der Waals surface area contributed by atoms with E-state index in [0.717, 1.165) is 11.3 Å². The smallest absolute Gasteiger partial charge is 0.338 e. The van der Waals surface area contributed by atoms with Crippen molar-refractivity contribution >= 4 is 29.1 Å². The number of allylic oxidation sites excluding steroid dienone is 1. The number of rotatable bonds is 5. The molecule has 4 rings (SSSR count). The van der Waals surface area contributed by atoms with Gasteiger partial charge in [0.25, 0.3) is 11.2 Å². The second-order valence-corrected chi connectivity index (χ2v) is 8.18. The Morgan fingerprint density at radius 1 is 1.30 bits per heavy atom. The predicted octanol–water partition coefficient (Wildman–Crippen LogP) is 2.85. The molecule has 0 bridgehead atoms. The van der Waals surface area contributed by atoms with Crippen molar-refractivity contribution in [2.45, 2.75) is 19.9 Å². The number of nitro benzene ring substituents is 1. The number of thiazole rings is 1. The van der Waals surface area contributed by atoms with Gasteiger partial charge >= 0.3 is 5.97 Å². The van der Waals surface area contributed by atoms with Crippen molar-refractivity contribution in [1.29, 1.82) is 0 Å². The first kappa shape index (κ1) is 22.3. The SMILES string of the molecule is CCOC(=O)C1=C(C)N=c2s/c(=C/c3ccccc3F)c(=O)n2C1c1cccc([N+](=O)[O-])c1. The van der Waals surface area contributed by atoms with Crippen LogP contribution in [0.3, 0.4) is 0 Å². The van der Waals surface area contributed by atoms with Crippen LogP contribution in [0, 0.1) is 15.9 Å². The maximum atomic E-state index is 14.2. The number of esters is 1. The van der Waals surface area contributed by atoms with Gasteiger partial charge < -0.3 is 4.74 Å². The van der Waals surface area contributed by atoms with Crippen LogP contribution in [0.1, 0.15) is 31.0 Å². The third-order valence-corrected chi connectivity index (χ3v) is 6.09. The van der Waals surface area contributed by atoms with Crippen molar-refractivity contribution in [3.63, 3.8) is 0 Å². The molecule has 10 heteroatoms. The Bertz CT molecular complexity index is 1490. The van der Waals surface area contributed by atoms with Crippen LogP contribution in [-0.4, -0.2) is 22.1 Å². The van der Waals surface area contributed by atoms with E-state index in [9.17, 15) is 24.1 Å². The van der Waals surface area contributed by atoms with Crippen molar-refractivity contribution in [1.82, 2.24) is 4.57 Å². The fraction of sp³-hybridized carbons (Fsp3) is 0.174. The molecule has 1 aromatic heterocycles. The molecular formula is C23H18FN3O5S. The lowest BCUT2D eigenvalue weighted by Crippen LogP contribution is -2.40. The molecule has 33 heavy (non-hydrogen) atoms. The fourth-order valence-corrected chi connectivity index (χ4v) is 4.69. The average molecular weight is 467 g/mol. The number of benzene rings is 2. The van der Waals surface area contributed by atoms with Gasteiger partial charge in [0.05, 0.1) is 33.4 Å². The van der Waals surface area contributed by atoms with Crippen LogP contribution < -0.4 is 14.9 Å². The number of non-ortho nitro benzene ring substituents is 1. The molecule has 0 amide bonds. The lowest BCUT2D eigenvalue weighted by Gasteiger charge is -2.24. The van der Waals surface area contributed by atoms with E-state index in [4.69, 9.17) is 4.74 Å². The highest BCUT2D eigenvalue weighted by atomic mass is 32.1. The monoisotopic (exact) mass is 467 g/mol. The summed E-state index contributed by atoms with van der Waals surface area (Å²) in [6, 6.07) is 10.8. The van der Waals surface area contributed by atoms with E-state index in [1.165, 1.54) is 34.9 Å². The first-order valence-corrected chi connectivity index (χ1v) is 10.8. The number of aromatic nitrogens is 1. The summed E-state index contributed by atoms with van der Waals surface area (Å²) in [4.78, 5) is 41.8. The van der Waals surface area contributed by atoms with Crippen LogP contribution in [-0.2, 0) is 9.53 Å². The third kappa shape index (κ3) is 4.12. The molecular weight excluding hydrogens is 449 g/mol. The number of hydrogen-bond acceptors (Lipinski definition) is 7. The summed E-state index contributed by atoms with van der Waals surface area (Å²) in [6.07, 6.45) is 1.42. The molecule has 0 saturated carbocycles. The van der Waals surface area contributed by atoms with Crippen LogP contribution in [0.25, 0.3) is 6.08 Å². The van der Waals surface area contributed by atoms with Gasteiger partial charge in [0, 0.05) is 17.7 Å². The average Bonchev–Trinajstić information content (AvgIpc) is 3.09. The Morgan fingerprint density at radius 2 is 2.06 bits per heavy atom. The van der Waals surface area contributed by atoms with Gasteiger partial charge in [-0.3, -0.25) is 19.5 Å². The molecule has 8 nitrogen and oxygen atoms in total. The number of halogens is 1. The largest absolute Gasteiger partial charge is 0.463 e. The Kier molecular flexibility index (Phi) is 6.01. The summed E-state index contributed by atoms with van der Waals surface area (Å²) >= 11 is 1.05. The summed E-state index contributed by atoms with van der Waals surface area (Å²) in [5.74, 6) is -1.15. The lowest BCUT2D eigenvalue weighted by molar-refractivity contribution is -0.384. The number of carbonyl (C=O) groups is 1. The van der Waals surface area contributed by atoms with E-state index >= 15 is 0 Å². The van der Waals surface area contributed by atoms with Gasteiger partial charge in [0.15, 0.2) is 4.80 Å². The molecule has 3 aromatic rings. The van der Waals surface area contributed by atoms with Crippen LogP contribution in [0.2, 0.25) is 0 Å². The summed E-state index contributed by atoms with van der Waals surface area (Å²) in [5.41, 5.74) is 0.369. The molecule has 168 valence electrons. The molecule has 0 radical (unpaired) electrons. The fourth-order valence-electron chi connectivity index (χ4n) is 3.65. The summed E-state index contributed by atoms with van der Waals surface area (Å²) in [7, 11) is 0. The first-order chi connectivity index (χ1) is 15.8. The minimum Gasteiger partial charge on any atom is -0.463 e. The topological polar surface area (TPSA) is 104 Å².